The van der Waals surface area contributed by atoms with Crippen LogP contribution in [0.25, 0.3) is 11.3 Å². The van der Waals surface area contributed by atoms with E-state index in [2.05, 4.69) is 10.4 Å². The molecule has 9 heteroatoms. The summed E-state index contributed by atoms with van der Waals surface area (Å²) in [6.45, 7) is 1.73. The van der Waals surface area contributed by atoms with Crippen molar-refractivity contribution < 1.29 is 26.7 Å². The lowest BCUT2D eigenvalue weighted by atomic mass is 10.1. The van der Waals surface area contributed by atoms with Crippen LogP contribution in [0.1, 0.15) is 18.9 Å². The first-order valence-corrected chi connectivity index (χ1v) is 9.00. The molecule has 1 fully saturated rings. The van der Waals surface area contributed by atoms with Crippen molar-refractivity contribution in [3.8, 4) is 22.8 Å². The molecule has 0 radical (unpaired) electrons. The molecule has 1 atom stereocenters. The second kappa shape index (κ2) is 7.82. The number of nitrogens with one attached hydrogen (secondary N) is 1. The smallest absolute Gasteiger partial charge is 0.204 e. The third-order valence-electron chi connectivity index (χ3n) is 4.76. The highest BCUT2D eigenvalue weighted by Crippen LogP contribution is 2.33. The van der Waals surface area contributed by atoms with Crippen LogP contribution in [-0.2, 0) is 0 Å². The van der Waals surface area contributed by atoms with Crippen LogP contribution in [0.5, 0.6) is 11.5 Å². The van der Waals surface area contributed by atoms with Crippen molar-refractivity contribution in [2.24, 2.45) is 0 Å². The summed E-state index contributed by atoms with van der Waals surface area (Å²) in [5.74, 6) is -8.97. The van der Waals surface area contributed by atoms with Crippen molar-refractivity contribution in [3.05, 3.63) is 65.6 Å². The zero-order valence-corrected chi connectivity index (χ0v) is 15.1. The number of piperidine rings is 1. The molecule has 3 aromatic rings. The van der Waals surface area contributed by atoms with Crippen molar-refractivity contribution in [2.75, 3.05) is 13.1 Å². The van der Waals surface area contributed by atoms with E-state index >= 15 is 0 Å². The fourth-order valence-electron chi connectivity index (χ4n) is 3.27. The summed E-state index contributed by atoms with van der Waals surface area (Å²) >= 11 is 0. The fourth-order valence-corrected chi connectivity index (χ4v) is 3.27. The molecule has 0 bridgehead atoms. The standard InChI is InChI=1S/C20H16F5N3O/c21-14-8-12(29-20-18(24)15(22)9-16(23)19(20)25)3-4-13(14)17-5-7-28(27-17)11-2-1-6-26-10-11/h3-5,7-9,11,26H,1-2,6,10H2. The number of hydrogen-bond acceptors (Lipinski definition) is 3. The average Bonchev–Trinajstić information content (AvgIpc) is 3.20. The van der Waals surface area contributed by atoms with E-state index in [4.69, 9.17) is 4.74 Å². The molecule has 0 aliphatic carbocycles. The Morgan fingerprint density at radius 2 is 1.72 bits per heavy atom. The van der Waals surface area contributed by atoms with Crippen molar-refractivity contribution in [1.29, 1.82) is 0 Å². The molecule has 1 aromatic heterocycles. The third-order valence-corrected chi connectivity index (χ3v) is 4.76. The molecule has 2 aromatic carbocycles. The van der Waals surface area contributed by atoms with Gasteiger partial charge in [-0.05, 0) is 37.6 Å². The normalized spacial score (nSPS) is 16.8. The molecule has 0 spiro atoms. The lowest BCUT2D eigenvalue weighted by Crippen LogP contribution is -2.31. The molecule has 4 rings (SSSR count). The highest BCUT2D eigenvalue weighted by atomic mass is 19.2. The summed E-state index contributed by atoms with van der Waals surface area (Å²) in [4.78, 5) is 0. The largest absolute Gasteiger partial charge is 0.451 e. The Bertz CT molecular complexity index is 1020. The van der Waals surface area contributed by atoms with Gasteiger partial charge in [0.15, 0.2) is 11.6 Å². The second-order valence-corrected chi connectivity index (χ2v) is 6.72. The number of nitrogens with zero attached hydrogens (tertiary/aromatic N) is 2. The number of ether oxygens (including phenoxy) is 1. The highest BCUT2D eigenvalue weighted by Gasteiger charge is 2.22. The first kappa shape index (κ1) is 19.4. The molecule has 1 unspecified atom stereocenters. The summed E-state index contributed by atoms with van der Waals surface area (Å²) < 4.78 is 75.3. The lowest BCUT2D eigenvalue weighted by Gasteiger charge is -2.22. The molecule has 1 aliphatic heterocycles. The zero-order chi connectivity index (χ0) is 20.5. The molecule has 1 N–H and O–H groups in total. The van der Waals surface area contributed by atoms with Gasteiger partial charge >= 0.3 is 0 Å². The Kier molecular flexibility index (Phi) is 5.23. The van der Waals surface area contributed by atoms with E-state index in [0.717, 1.165) is 32.0 Å². The van der Waals surface area contributed by atoms with Crippen LogP contribution in [0, 0.1) is 29.1 Å². The molecule has 1 saturated heterocycles. The van der Waals surface area contributed by atoms with Crippen LogP contribution in [0.4, 0.5) is 22.0 Å². The van der Waals surface area contributed by atoms with Crippen LogP contribution in [0.3, 0.4) is 0 Å². The molecule has 0 saturated carbocycles. The number of rotatable bonds is 4. The Morgan fingerprint density at radius 3 is 2.38 bits per heavy atom. The van der Waals surface area contributed by atoms with Crippen LogP contribution in [0.2, 0.25) is 0 Å². The molecule has 4 nitrogen and oxygen atoms in total. The molecular weight excluding hydrogens is 393 g/mol. The predicted molar refractivity (Wildman–Crippen MR) is 95.1 cm³/mol. The maximum Gasteiger partial charge on any atom is 0.204 e. The van der Waals surface area contributed by atoms with Gasteiger partial charge < -0.3 is 10.1 Å². The van der Waals surface area contributed by atoms with E-state index < -0.39 is 34.8 Å². The van der Waals surface area contributed by atoms with Gasteiger partial charge in [-0.15, -0.1) is 0 Å². The topological polar surface area (TPSA) is 39.1 Å². The first-order chi connectivity index (χ1) is 13.9. The van der Waals surface area contributed by atoms with Gasteiger partial charge in [0.05, 0.1) is 11.7 Å². The summed E-state index contributed by atoms with van der Waals surface area (Å²) in [7, 11) is 0. The van der Waals surface area contributed by atoms with Crippen LogP contribution in [0.15, 0.2) is 36.5 Å². The lowest BCUT2D eigenvalue weighted by molar-refractivity contribution is 0.347. The molecule has 2 heterocycles. The van der Waals surface area contributed by atoms with Gasteiger partial charge in [-0.2, -0.15) is 13.9 Å². The van der Waals surface area contributed by atoms with Crippen LogP contribution >= 0.6 is 0 Å². The number of benzene rings is 2. The van der Waals surface area contributed by atoms with E-state index in [9.17, 15) is 22.0 Å². The third kappa shape index (κ3) is 3.82. The molecular formula is C20H16F5N3O. The van der Waals surface area contributed by atoms with Gasteiger partial charge in [-0.25, -0.2) is 13.2 Å². The molecule has 1 aliphatic rings. The minimum Gasteiger partial charge on any atom is -0.451 e. The predicted octanol–water partition coefficient (Wildman–Crippen LogP) is 4.96. The minimum absolute atomic E-state index is 0.0688. The molecule has 29 heavy (non-hydrogen) atoms. The molecule has 0 amide bonds. The van der Waals surface area contributed by atoms with Crippen molar-refractivity contribution in [2.45, 2.75) is 18.9 Å². The van der Waals surface area contributed by atoms with Gasteiger partial charge in [-0.1, -0.05) is 0 Å². The van der Waals surface area contributed by atoms with E-state index in [-0.39, 0.29) is 23.4 Å². The Hall–Kier alpha value is -2.94. The summed E-state index contributed by atoms with van der Waals surface area (Å²) in [5, 5.41) is 7.68. The first-order valence-electron chi connectivity index (χ1n) is 9.00. The summed E-state index contributed by atoms with van der Waals surface area (Å²) in [6, 6.07) is 5.34. The number of aromatic nitrogens is 2. The van der Waals surface area contributed by atoms with Crippen molar-refractivity contribution >= 4 is 0 Å². The van der Waals surface area contributed by atoms with E-state index in [1.165, 1.54) is 12.1 Å². The Morgan fingerprint density at radius 1 is 0.966 bits per heavy atom. The maximum absolute atomic E-state index is 14.6. The maximum atomic E-state index is 14.6. The van der Waals surface area contributed by atoms with Crippen molar-refractivity contribution in [3.63, 3.8) is 0 Å². The van der Waals surface area contributed by atoms with E-state index in [1.807, 2.05) is 0 Å². The minimum atomic E-state index is -1.70. The van der Waals surface area contributed by atoms with E-state index in [1.54, 1.807) is 16.9 Å². The number of hydrogen-bond donors (Lipinski definition) is 1. The quantitative estimate of drug-likeness (QED) is 0.489. The second-order valence-electron chi connectivity index (χ2n) is 6.72. The average molecular weight is 409 g/mol. The van der Waals surface area contributed by atoms with E-state index in [0.29, 0.717) is 5.69 Å². The SMILES string of the molecule is Fc1cc(Oc2c(F)c(F)cc(F)c2F)ccc1-c1ccn(C2CCCNC2)n1. The van der Waals surface area contributed by atoms with Crippen LogP contribution in [-0.4, -0.2) is 22.9 Å². The Labute approximate surface area is 162 Å². The van der Waals surface area contributed by atoms with Gasteiger partial charge in [0.1, 0.15) is 11.6 Å². The summed E-state index contributed by atoms with van der Waals surface area (Å²) in [5.41, 5.74) is 0.542. The van der Waals surface area contributed by atoms with Gasteiger partial charge in [0.2, 0.25) is 17.4 Å². The zero-order valence-electron chi connectivity index (χ0n) is 15.1. The number of halogens is 5. The van der Waals surface area contributed by atoms with Gasteiger partial charge in [0.25, 0.3) is 0 Å². The monoisotopic (exact) mass is 409 g/mol. The molecule has 152 valence electrons. The fraction of sp³-hybridized carbons (Fsp3) is 0.250. The summed E-state index contributed by atoms with van der Waals surface area (Å²) in [6.07, 6.45) is 3.75. The van der Waals surface area contributed by atoms with Crippen LogP contribution < -0.4 is 10.1 Å². The van der Waals surface area contributed by atoms with Gasteiger partial charge in [-0.3, -0.25) is 4.68 Å². The Balaban J connectivity index is 1.59. The van der Waals surface area contributed by atoms with Crippen molar-refractivity contribution in [1.82, 2.24) is 15.1 Å². The highest BCUT2D eigenvalue weighted by molar-refractivity contribution is 5.60. The van der Waals surface area contributed by atoms with Gasteiger partial charge in [0, 0.05) is 30.4 Å².